The number of benzene rings is 1. The molecule has 0 spiro atoms. The summed E-state index contributed by atoms with van der Waals surface area (Å²) in [6.45, 7) is 6.44. The molecule has 120 valence electrons. The van der Waals surface area contributed by atoms with E-state index in [0.29, 0.717) is 5.92 Å². The van der Waals surface area contributed by atoms with Gasteiger partial charge in [0.05, 0.1) is 7.11 Å². The van der Waals surface area contributed by atoms with Gasteiger partial charge in [-0.1, -0.05) is 0 Å². The largest absolute Gasteiger partial charge is 0.492 e. The summed E-state index contributed by atoms with van der Waals surface area (Å²) in [4.78, 5) is 0. The first-order valence-corrected chi connectivity index (χ1v) is 8.48. The molecule has 0 aromatic heterocycles. The van der Waals surface area contributed by atoms with Gasteiger partial charge >= 0.3 is 0 Å². The Morgan fingerprint density at radius 3 is 2.45 bits per heavy atom. The number of rotatable bonds is 2. The highest BCUT2D eigenvalue weighted by molar-refractivity contribution is 5.67. The fourth-order valence-electron chi connectivity index (χ4n) is 4.25. The summed E-state index contributed by atoms with van der Waals surface area (Å²) in [6.07, 6.45) is 4.77. The number of ether oxygens (including phenoxy) is 3. The van der Waals surface area contributed by atoms with Gasteiger partial charge in [-0.05, 0) is 33.2 Å². The summed E-state index contributed by atoms with van der Waals surface area (Å²) in [5, 5.41) is 3.54. The lowest BCUT2D eigenvalue weighted by Crippen LogP contribution is -2.29. The Kier molecular flexibility index (Phi) is 3.44. The molecule has 0 bridgehead atoms. The van der Waals surface area contributed by atoms with Gasteiger partial charge in [-0.15, -0.1) is 0 Å². The summed E-state index contributed by atoms with van der Waals surface area (Å²) >= 11 is 0. The zero-order valence-electron chi connectivity index (χ0n) is 13.7. The molecule has 1 aromatic rings. The molecule has 0 saturated carbocycles. The molecule has 4 rings (SSSR count). The second-order valence-electron chi connectivity index (χ2n) is 6.87. The first kappa shape index (κ1) is 14.2. The first-order valence-electron chi connectivity index (χ1n) is 8.48. The van der Waals surface area contributed by atoms with E-state index >= 15 is 0 Å². The summed E-state index contributed by atoms with van der Waals surface area (Å²) in [5.74, 6) is 3.51. The molecule has 22 heavy (non-hydrogen) atoms. The van der Waals surface area contributed by atoms with Crippen molar-refractivity contribution in [2.75, 3.05) is 20.2 Å². The molecule has 3 aliphatic heterocycles. The van der Waals surface area contributed by atoms with Gasteiger partial charge < -0.3 is 19.5 Å². The maximum Gasteiger partial charge on any atom is 0.168 e. The highest BCUT2D eigenvalue weighted by atomic mass is 16.5. The third kappa shape index (κ3) is 2.08. The average molecular weight is 303 g/mol. The van der Waals surface area contributed by atoms with E-state index in [9.17, 15) is 0 Å². The summed E-state index contributed by atoms with van der Waals surface area (Å²) in [5.41, 5.74) is 3.93. The SMILES string of the molecule is COc1c2c(c(C3CCCNC3)c3c1OC(C)C3)OC(C)C2. The zero-order valence-corrected chi connectivity index (χ0v) is 13.7. The van der Waals surface area contributed by atoms with Crippen LogP contribution in [-0.2, 0) is 12.8 Å². The van der Waals surface area contributed by atoms with Crippen LogP contribution in [0.25, 0.3) is 0 Å². The van der Waals surface area contributed by atoms with Gasteiger partial charge in [0.25, 0.3) is 0 Å². The third-order valence-electron chi connectivity index (χ3n) is 5.13. The smallest absolute Gasteiger partial charge is 0.168 e. The Morgan fingerprint density at radius 1 is 1.05 bits per heavy atom. The van der Waals surface area contributed by atoms with Crippen molar-refractivity contribution in [3.63, 3.8) is 0 Å². The van der Waals surface area contributed by atoms with E-state index in [-0.39, 0.29) is 12.2 Å². The van der Waals surface area contributed by atoms with E-state index < -0.39 is 0 Å². The molecule has 3 unspecified atom stereocenters. The quantitative estimate of drug-likeness (QED) is 0.912. The predicted molar refractivity (Wildman–Crippen MR) is 85.4 cm³/mol. The lowest BCUT2D eigenvalue weighted by atomic mass is 9.84. The van der Waals surface area contributed by atoms with Crippen molar-refractivity contribution in [3.8, 4) is 17.2 Å². The minimum Gasteiger partial charge on any atom is -0.492 e. The average Bonchev–Trinajstić information content (AvgIpc) is 3.07. The van der Waals surface area contributed by atoms with Gasteiger partial charge in [0, 0.05) is 42.0 Å². The third-order valence-corrected chi connectivity index (χ3v) is 5.13. The number of methoxy groups -OCH3 is 1. The van der Waals surface area contributed by atoms with Crippen LogP contribution in [0.1, 0.15) is 49.3 Å². The van der Waals surface area contributed by atoms with Crippen LogP contribution in [0.3, 0.4) is 0 Å². The van der Waals surface area contributed by atoms with Crippen molar-refractivity contribution in [1.82, 2.24) is 5.32 Å². The van der Waals surface area contributed by atoms with E-state index in [4.69, 9.17) is 14.2 Å². The minimum atomic E-state index is 0.221. The molecule has 4 heteroatoms. The van der Waals surface area contributed by atoms with Crippen LogP contribution >= 0.6 is 0 Å². The van der Waals surface area contributed by atoms with Crippen LogP contribution in [0.2, 0.25) is 0 Å². The van der Waals surface area contributed by atoms with Crippen LogP contribution < -0.4 is 19.5 Å². The molecule has 1 fully saturated rings. The second kappa shape index (κ2) is 5.34. The Hall–Kier alpha value is -1.42. The van der Waals surface area contributed by atoms with Crippen molar-refractivity contribution in [2.24, 2.45) is 0 Å². The maximum absolute atomic E-state index is 6.23. The van der Waals surface area contributed by atoms with E-state index in [1.807, 2.05) is 0 Å². The summed E-state index contributed by atoms with van der Waals surface area (Å²) in [6, 6.07) is 0. The Labute approximate surface area is 132 Å². The van der Waals surface area contributed by atoms with Crippen LogP contribution in [0.5, 0.6) is 17.2 Å². The van der Waals surface area contributed by atoms with Gasteiger partial charge in [-0.25, -0.2) is 0 Å². The zero-order chi connectivity index (χ0) is 15.3. The molecule has 1 N–H and O–H groups in total. The predicted octanol–water partition coefficient (Wildman–Crippen LogP) is 2.81. The van der Waals surface area contributed by atoms with Crippen molar-refractivity contribution >= 4 is 0 Å². The fraction of sp³-hybridized carbons (Fsp3) is 0.667. The number of hydrogen-bond acceptors (Lipinski definition) is 4. The topological polar surface area (TPSA) is 39.7 Å². The molecule has 4 nitrogen and oxygen atoms in total. The number of piperidine rings is 1. The van der Waals surface area contributed by atoms with Crippen LogP contribution in [0.4, 0.5) is 0 Å². The van der Waals surface area contributed by atoms with Gasteiger partial charge in [0.2, 0.25) is 0 Å². The Bertz CT molecular complexity index is 553. The highest BCUT2D eigenvalue weighted by Gasteiger charge is 2.38. The van der Waals surface area contributed by atoms with Gasteiger partial charge in [-0.3, -0.25) is 0 Å². The molecule has 0 radical (unpaired) electrons. The molecule has 0 aliphatic carbocycles. The molecule has 0 amide bonds. The van der Waals surface area contributed by atoms with Crippen LogP contribution in [0, 0.1) is 0 Å². The van der Waals surface area contributed by atoms with Gasteiger partial charge in [0.15, 0.2) is 11.5 Å². The van der Waals surface area contributed by atoms with Crippen molar-refractivity contribution in [2.45, 2.75) is 57.7 Å². The van der Waals surface area contributed by atoms with Gasteiger partial charge in [-0.2, -0.15) is 0 Å². The molecule has 1 saturated heterocycles. The standard InChI is InChI=1S/C18H25NO3/c1-10-7-13-15(12-5-4-6-19-9-12)16-14(8-11(2)21-16)17(20-3)18(13)22-10/h10-12,19H,4-9H2,1-3H3. The monoisotopic (exact) mass is 303 g/mol. The minimum absolute atomic E-state index is 0.221. The lowest BCUT2D eigenvalue weighted by molar-refractivity contribution is 0.242. The first-order chi connectivity index (χ1) is 10.7. The lowest BCUT2D eigenvalue weighted by Gasteiger charge is -2.27. The Balaban J connectivity index is 1.90. The van der Waals surface area contributed by atoms with E-state index in [1.165, 1.54) is 29.5 Å². The summed E-state index contributed by atoms with van der Waals surface area (Å²) < 4.78 is 18.1. The van der Waals surface area contributed by atoms with Crippen molar-refractivity contribution in [3.05, 3.63) is 16.7 Å². The number of fused-ring (bicyclic) bond motifs is 2. The Morgan fingerprint density at radius 2 is 1.77 bits per heavy atom. The number of nitrogens with one attached hydrogen (secondary N) is 1. The molecule has 3 aliphatic rings. The van der Waals surface area contributed by atoms with E-state index in [2.05, 4.69) is 19.2 Å². The molecule has 3 heterocycles. The van der Waals surface area contributed by atoms with E-state index in [1.54, 1.807) is 7.11 Å². The molecule has 1 aromatic carbocycles. The fourth-order valence-corrected chi connectivity index (χ4v) is 4.25. The molecular formula is C18H25NO3. The van der Waals surface area contributed by atoms with E-state index in [0.717, 1.165) is 43.2 Å². The maximum atomic E-state index is 6.23. The van der Waals surface area contributed by atoms with Crippen LogP contribution in [0.15, 0.2) is 0 Å². The molecular weight excluding hydrogens is 278 g/mol. The molecule has 3 atom stereocenters. The highest BCUT2D eigenvalue weighted by Crippen LogP contribution is 2.53. The second-order valence-corrected chi connectivity index (χ2v) is 6.87. The van der Waals surface area contributed by atoms with Crippen molar-refractivity contribution < 1.29 is 14.2 Å². The number of hydrogen-bond donors (Lipinski definition) is 1. The van der Waals surface area contributed by atoms with Gasteiger partial charge in [0.1, 0.15) is 18.0 Å². The summed E-state index contributed by atoms with van der Waals surface area (Å²) in [7, 11) is 1.74. The normalized spacial score (nSPS) is 29.5. The van der Waals surface area contributed by atoms with Crippen LogP contribution in [-0.4, -0.2) is 32.4 Å². The van der Waals surface area contributed by atoms with Crippen molar-refractivity contribution in [1.29, 1.82) is 0 Å².